The predicted molar refractivity (Wildman–Crippen MR) is 102 cm³/mol. The molecule has 8 heteroatoms. The van der Waals surface area contributed by atoms with Crippen molar-refractivity contribution in [3.63, 3.8) is 0 Å². The van der Waals surface area contributed by atoms with E-state index in [-0.39, 0.29) is 16.7 Å². The van der Waals surface area contributed by atoms with Gasteiger partial charge in [-0.05, 0) is 56.9 Å². The van der Waals surface area contributed by atoms with Crippen molar-refractivity contribution < 1.29 is 18.0 Å². The highest BCUT2D eigenvalue weighted by Crippen LogP contribution is 2.21. The molecule has 1 aromatic rings. The zero-order chi connectivity index (χ0) is 19.4. The Morgan fingerprint density at radius 2 is 1.48 bits per heavy atom. The number of benzene rings is 1. The van der Waals surface area contributed by atoms with Crippen molar-refractivity contribution >= 4 is 21.8 Å². The first kappa shape index (κ1) is 19.8. The van der Waals surface area contributed by atoms with Crippen molar-refractivity contribution in [2.75, 3.05) is 26.2 Å². The second kappa shape index (κ2) is 8.39. The number of piperidine rings is 1. The Bertz CT molecular complexity index is 780. The Kier molecular flexibility index (Phi) is 6.16. The summed E-state index contributed by atoms with van der Waals surface area (Å²) in [5.74, 6) is -0.456. The number of carbonyl (C=O) groups excluding carboxylic acids is 2. The topological polar surface area (TPSA) is 86.8 Å². The van der Waals surface area contributed by atoms with Crippen LogP contribution in [0.3, 0.4) is 0 Å². The van der Waals surface area contributed by atoms with Crippen LogP contribution in [0.4, 0.5) is 0 Å². The first-order valence-electron chi connectivity index (χ1n) is 9.59. The van der Waals surface area contributed by atoms with Gasteiger partial charge in [-0.25, -0.2) is 8.42 Å². The quantitative estimate of drug-likeness (QED) is 0.823. The minimum atomic E-state index is -3.51. The van der Waals surface area contributed by atoms with Crippen LogP contribution in [-0.2, 0) is 14.8 Å². The molecule has 0 spiro atoms. The van der Waals surface area contributed by atoms with Crippen LogP contribution in [-0.4, -0.2) is 61.7 Å². The largest absolute Gasteiger partial charge is 0.341 e. The Morgan fingerprint density at radius 1 is 0.926 bits per heavy atom. The van der Waals surface area contributed by atoms with E-state index in [1.165, 1.54) is 28.6 Å². The molecule has 27 heavy (non-hydrogen) atoms. The molecule has 0 saturated carbocycles. The summed E-state index contributed by atoms with van der Waals surface area (Å²) in [7, 11) is -3.51. The van der Waals surface area contributed by atoms with Gasteiger partial charge in [0.25, 0.3) is 5.91 Å². The third-order valence-corrected chi connectivity index (χ3v) is 7.12. The summed E-state index contributed by atoms with van der Waals surface area (Å²) < 4.78 is 26.8. The van der Waals surface area contributed by atoms with E-state index in [1.807, 2.05) is 0 Å². The number of hydrogen-bond donors (Lipinski definition) is 1. The second-order valence-corrected chi connectivity index (χ2v) is 9.15. The first-order chi connectivity index (χ1) is 12.9. The molecule has 7 nitrogen and oxygen atoms in total. The Morgan fingerprint density at radius 3 is 2.07 bits per heavy atom. The summed E-state index contributed by atoms with van der Waals surface area (Å²) in [6.07, 6.45) is 4.81. The number of hydrogen-bond acceptors (Lipinski definition) is 4. The van der Waals surface area contributed by atoms with Crippen LogP contribution in [0.25, 0.3) is 0 Å². The molecule has 148 valence electrons. The molecule has 2 aliphatic heterocycles. The van der Waals surface area contributed by atoms with Crippen LogP contribution < -0.4 is 5.32 Å². The second-order valence-electron chi connectivity index (χ2n) is 7.22. The Labute approximate surface area is 160 Å². The predicted octanol–water partition coefficient (Wildman–Crippen LogP) is 1.60. The van der Waals surface area contributed by atoms with Crippen molar-refractivity contribution in [3.05, 3.63) is 29.8 Å². The van der Waals surface area contributed by atoms with Gasteiger partial charge in [0.2, 0.25) is 15.9 Å². The summed E-state index contributed by atoms with van der Waals surface area (Å²) in [6, 6.07) is 5.32. The standard InChI is InChI=1S/C19H27N3O4S/c1-15(19(24)21-11-5-6-12-21)20-18(23)16-7-9-17(10-8-16)27(25,26)22-13-3-2-4-14-22/h7-10,15H,2-6,11-14H2,1H3,(H,20,23)/t15-/m0/s1. The number of nitrogens with zero attached hydrogens (tertiary/aromatic N) is 2. The van der Waals surface area contributed by atoms with Crippen LogP contribution >= 0.6 is 0 Å². The fourth-order valence-electron chi connectivity index (χ4n) is 3.59. The average molecular weight is 394 g/mol. The van der Waals surface area contributed by atoms with Gasteiger partial charge in [-0.1, -0.05) is 6.42 Å². The van der Waals surface area contributed by atoms with Gasteiger partial charge in [0.05, 0.1) is 4.90 Å². The maximum absolute atomic E-state index is 12.7. The minimum Gasteiger partial charge on any atom is -0.341 e. The highest BCUT2D eigenvalue weighted by atomic mass is 32.2. The molecular formula is C19H27N3O4S. The molecule has 3 rings (SSSR count). The fourth-order valence-corrected chi connectivity index (χ4v) is 5.10. The maximum atomic E-state index is 12.7. The first-order valence-corrected chi connectivity index (χ1v) is 11.0. The summed E-state index contributed by atoms with van der Waals surface area (Å²) in [6.45, 7) is 4.24. The van der Waals surface area contributed by atoms with E-state index in [0.29, 0.717) is 18.7 Å². The smallest absolute Gasteiger partial charge is 0.251 e. The molecule has 2 saturated heterocycles. The highest BCUT2D eigenvalue weighted by Gasteiger charge is 2.27. The number of rotatable bonds is 5. The van der Waals surface area contributed by atoms with E-state index in [4.69, 9.17) is 0 Å². The summed E-state index contributed by atoms with van der Waals surface area (Å²) >= 11 is 0. The number of sulfonamides is 1. The normalized spacial score (nSPS) is 19.7. The lowest BCUT2D eigenvalue weighted by Gasteiger charge is -2.25. The van der Waals surface area contributed by atoms with E-state index in [1.54, 1.807) is 11.8 Å². The molecule has 0 radical (unpaired) electrons. The summed E-state index contributed by atoms with van der Waals surface area (Å²) in [4.78, 5) is 26.7. The van der Waals surface area contributed by atoms with Gasteiger partial charge in [0.1, 0.15) is 6.04 Å². The number of nitrogens with one attached hydrogen (secondary N) is 1. The van der Waals surface area contributed by atoms with Gasteiger partial charge < -0.3 is 10.2 Å². The molecule has 2 fully saturated rings. The molecule has 1 atom stereocenters. The SMILES string of the molecule is C[C@H](NC(=O)c1ccc(S(=O)(=O)N2CCCCC2)cc1)C(=O)N1CCCC1. The van der Waals surface area contributed by atoms with Gasteiger partial charge in [0, 0.05) is 31.7 Å². The number of amides is 2. The summed E-state index contributed by atoms with van der Waals surface area (Å²) in [5.41, 5.74) is 0.341. The van der Waals surface area contributed by atoms with Crippen LogP contribution in [0.5, 0.6) is 0 Å². The molecule has 0 aromatic heterocycles. The van der Waals surface area contributed by atoms with Crippen LogP contribution in [0.15, 0.2) is 29.2 Å². The van der Waals surface area contributed by atoms with Crippen molar-refractivity contribution in [1.29, 1.82) is 0 Å². The van der Waals surface area contributed by atoms with E-state index < -0.39 is 16.1 Å². The lowest BCUT2D eigenvalue weighted by molar-refractivity contribution is -0.131. The zero-order valence-corrected chi connectivity index (χ0v) is 16.5. The van der Waals surface area contributed by atoms with E-state index in [0.717, 1.165) is 45.2 Å². The van der Waals surface area contributed by atoms with Gasteiger partial charge in [-0.3, -0.25) is 9.59 Å². The van der Waals surface area contributed by atoms with Gasteiger partial charge >= 0.3 is 0 Å². The Balaban J connectivity index is 1.64. The summed E-state index contributed by atoms with van der Waals surface area (Å²) in [5, 5.41) is 2.70. The fraction of sp³-hybridized carbons (Fsp3) is 0.579. The van der Waals surface area contributed by atoms with E-state index in [2.05, 4.69) is 5.32 Å². The molecule has 2 heterocycles. The van der Waals surface area contributed by atoms with Crippen molar-refractivity contribution in [3.8, 4) is 0 Å². The van der Waals surface area contributed by atoms with Crippen molar-refractivity contribution in [2.24, 2.45) is 0 Å². The third kappa shape index (κ3) is 4.50. The molecule has 1 N–H and O–H groups in total. The molecule has 2 aliphatic rings. The molecule has 1 aromatic carbocycles. The van der Waals surface area contributed by atoms with Gasteiger partial charge in [-0.2, -0.15) is 4.31 Å². The highest BCUT2D eigenvalue weighted by molar-refractivity contribution is 7.89. The molecule has 0 bridgehead atoms. The third-order valence-electron chi connectivity index (χ3n) is 5.21. The molecular weight excluding hydrogens is 366 g/mol. The average Bonchev–Trinajstić information content (AvgIpc) is 3.23. The molecule has 0 aliphatic carbocycles. The maximum Gasteiger partial charge on any atom is 0.251 e. The number of likely N-dealkylation sites (tertiary alicyclic amines) is 1. The molecule has 0 unspecified atom stereocenters. The van der Waals surface area contributed by atoms with E-state index >= 15 is 0 Å². The van der Waals surface area contributed by atoms with E-state index in [9.17, 15) is 18.0 Å². The van der Waals surface area contributed by atoms with Crippen LogP contribution in [0.1, 0.15) is 49.4 Å². The van der Waals surface area contributed by atoms with Crippen LogP contribution in [0.2, 0.25) is 0 Å². The lowest BCUT2D eigenvalue weighted by Crippen LogP contribution is -2.45. The number of carbonyl (C=O) groups is 2. The van der Waals surface area contributed by atoms with Crippen LogP contribution in [0, 0.1) is 0 Å². The monoisotopic (exact) mass is 393 g/mol. The minimum absolute atomic E-state index is 0.0786. The zero-order valence-electron chi connectivity index (χ0n) is 15.7. The lowest BCUT2D eigenvalue weighted by atomic mass is 10.2. The van der Waals surface area contributed by atoms with Gasteiger partial charge in [0.15, 0.2) is 0 Å². The molecule has 2 amide bonds. The Hall–Kier alpha value is -1.93. The van der Waals surface area contributed by atoms with Gasteiger partial charge in [-0.15, -0.1) is 0 Å². The van der Waals surface area contributed by atoms with Crippen molar-refractivity contribution in [1.82, 2.24) is 14.5 Å². The van der Waals surface area contributed by atoms with Crippen molar-refractivity contribution in [2.45, 2.75) is 50.0 Å².